The van der Waals surface area contributed by atoms with Crippen molar-refractivity contribution in [2.75, 3.05) is 26.4 Å². The smallest absolute Gasteiger partial charge is 0.246 e. The van der Waals surface area contributed by atoms with Gasteiger partial charge in [-0.05, 0) is 6.92 Å². The van der Waals surface area contributed by atoms with Gasteiger partial charge in [-0.15, -0.1) is 0 Å². The number of rotatable bonds is 6. The van der Waals surface area contributed by atoms with E-state index in [1.165, 1.54) is 0 Å². The first-order chi connectivity index (χ1) is 5.68. The van der Waals surface area contributed by atoms with Crippen molar-refractivity contribution in [3.63, 3.8) is 0 Å². The quantitative estimate of drug-likeness (QED) is 0.428. The second kappa shape index (κ2) is 6.82. The van der Waals surface area contributed by atoms with Crippen LogP contribution in [-0.4, -0.2) is 37.4 Å². The number of amides is 1. The van der Waals surface area contributed by atoms with Gasteiger partial charge in [-0.2, -0.15) is 0 Å². The number of nitrogens with one attached hydrogen (secondary N) is 1. The van der Waals surface area contributed by atoms with Crippen molar-refractivity contribution in [2.24, 2.45) is 0 Å². The number of aliphatic hydroxyl groups excluding tert-OH is 1. The zero-order valence-electron chi connectivity index (χ0n) is 7.30. The van der Waals surface area contributed by atoms with Gasteiger partial charge < -0.3 is 15.2 Å². The first kappa shape index (κ1) is 11.1. The van der Waals surface area contributed by atoms with Gasteiger partial charge in [0.1, 0.15) is 0 Å². The average molecular weight is 173 g/mol. The molecule has 0 atom stereocenters. The van der Waals surface area contributed by atoms with Crippen molar-refractivity contribution < 1.29 is 14.6 Å². The molecule has 0 bridgehead atoms. The Kier molecular flexibility index (Phi) is 6.32. The molecular formula is C8H15NO3. The summed E-state index contributed by atoms with van der Waals surface area (Å²) in [4.78, 5) is 10.9. The summed E-state index contributed by atoms with van der Waals surface area (Å²) in [5.74, 6) is -0.164. The maximum atomic E-state index is 10.9. The lowest BCUT2D eigenvalue weighted by Gasteiger charge is -2.04. The molecule has 1 amide bonds. The van der Waals surface area contributed by atoms with Crippen molar-refractivity contribution in [2.45, 2.75) is 6.92 Å². The summed E-state index contributed by atoms with van der Waals surface area (Å²) >= 11 is 0. The number of aliphatic hydroxyl groups is 1. The summed E-state index contributed by atoms with van der Waals surface area (Å²) < 4.78 is 4.92. The van der Waals surface area contributed by atoms with E-state index in [4.69, 9.17) is 9.84 Å². The zero-order chi connectivity index (χ0) is 9.40. The molecular weight excluding hydrogens is 158 g/mol. The van der Waals surface area contributed by atoms with Gasteiger partial charge in [0.05, 0.1) is 19.8 Å². The van der Waals surface area contributed by atoms with Crippen molar-refractivity contribution >= 4 is 5.91 Å². The Hall–Kier alpha value is -0.870. The molecule has 0 aliphatic rings. The third-order valence-corrected chi connectivity index (χ3v) is 1.16. The highest BCUT2D eigenvalue weighted by atomic mass is 16.5. The Bertz CT molecular complexity index is 156. The van der Waals surface area contributed by atoms with Crippen LogP contribution in [-0.2, 0) is 9.53 Å². The lowest BCUT2D eigenvalue weighted by atomic mass is 10.3. The summed E-state index contributed by atoms with van der Waals surface area (Å²) in [5.41, 5.74) is 0.483. The molecule has 0 rings (SSSR count). The maximum Gasteiger partial charge on any atom is 0.246 e. The summed E-state index contributed by atoms with van der Waals surface area (Å²) in [7, 11) is 0. The molecule has 0 aromatic heterocycles. The molecule has 0 aromatic rings. The maximum absolute atomic E-state index is 10.9. The number of carbonyl (C=O) groups is 1. The Morgan fingerprint density at radius 3 is 2.75 bits per heavy atom. The molecule has 0 aliphatic heterocycles. The van der Waals surface area contributed by atoms with Gasteiger partial charge in [0.25, 0.3) is 0 Å². The molecule has 0 radical (unpaired) electrons. The molecule has 4 nitrogen and oxygen atoms in total. The van der Waals surface area contributed by atoms with Crippen LogP contribution in [0.15, 0.2) is 12.2 Å². The minimum atomic E-state index is -0.164. The van der Waals surface area contributed by atoms with Gasteiger partial charge >= 0.3 is 0 Å². The Morgan fingerprint density at radius 2 is 2.25 bits per heavy atom. The molecule has 70 valence electrons. The highest BCUT2D eigenvalue weighted by Gasteiger charge is 1.98. The monoisotopic (exact) mass is 173 g/mol. The summed E-state index contributed by atoms with van der Waals surface area (Å²) in [6.07, 6.45) is 0. The summed E-state index contributed by atoms with van der Waals surface area (Å²) in [6, 6.07) is 0. The number of carbonyl (C=O) groups excluding carboxylic acids is 1. The van der Waals surface area contributed by atoms with Crippen LogP contribution in [0.25, 0.3) is 0 Å². The van der Waals surface area contributed by atoms with E-state index in [0.717, 1.165) is 0 Å². The number of hydrogen-bond acceptors (Lipinski definition) is 3. The van der Waals surface area contributed by atoms with E-state index in [9.17, 15) is 4.79 Å². The molecule has 0 saturated carbocycles. The first-order valence-corrected chi connectivity index (χ1v) is 3.80. The van der Waals surface area contributed by atoms with Gasteiger partial charge in [-0.1, -0.05) is 6.58 Å². The van der Waals surface area contributed by atoms with Crippen molar-refractivity contribution in [3.8, 4) is 0 Å². The van der Waals surface area contributed by atoms with Crippen LogP contribution in [0.4, 0.5) is 0 Å². The predicted molar refractivity (Wildman–Crippen MR) is 45.7 cm³/mol. The van der Waals surface area contributed by atoms with Crippen LogP contribution in [0.2, 0.25) is 0 Å². The predicted octanol–water partition coefficient (Wildman–Crippen LogP) is -0.312. The van der Waals surface area contributed by atoms with E-state index in [2.05, 4.69) is 11.9 Å². The van der Waals surface area contributed by atoms with Gasteiger partial charge in [0.2, 0.25) is 5.91 Å². The van der Waals surface area contributed by atoms with Gasteiger partial charge in [-0.25, -0.2) is 0 Å². The third kappa shape index (κ3) is 5.88. The van der Waals surface area contributed by atoms with E-state index in [1.54, 1.807) is 6.92 Å². The van der Waals surface area contributed by atoms with Crippen LogP contribution >= 0.6 is 0 Å². The molecule has 12 heavy (non-hydrogen) atoms. The van der Waals surface area contributed by atoms with E-state index in [1.807, 2.05) is 0 Å². The van der Waals surface area contributed by atoms with Crippen LogP contribution < -0.4 is 5.32 Å². The van der Waals surface area contributed by atoms with E-state index < -0.39 is 0 Å². The molecule has 2 N–H and O–H groups in total. The summed E-state index contributed by atoms with van der Waals surface area (Å²) in [6.45, 7) is 6.30. The largest absolute Gasteiger partial charge is 0.394 e. The molecule has 4 heteroatoms. The van der Waals surface area contributed by atoms with Crippen molar-refractivity contribution in [1.82, 2.24) is 5.32 Å². The van der Waals surface area contributed by atoms with E-state index >= 15 is 0 Å². The van der Waals surface area contributed by atoms with Gasteiger partial charge in [0, 0.05) is 12.1 Å². The number of hydrogen-bond donors (Lipinski definition) is 2. The molecule has 0 aliphatic carbocycles. The Labute approximate surface area is 72.2 Å². The van der Waals surface area contributed by atoms with Crippen molar-refractivity contribution in [3.05, 3.63) is 12.2 Å². The second-order valence-electron chi connectivity index (χ2n) is 2.37. The fraction of sp³-hybridized carbons (Fsp3) is 0.625. The molecule has 0 saturated heterocycles. The molecule has 0 unspecified atom stereocenters. The van der Waals surface area contributed by atoms with Crippen LogP contribution in [0.3, 0.4) is 0 Å². The zero-order valence-corrected chi connectivity index (χ0v) is 7.30. The minimum absolute atomic E-state index is 0.00837. The van der Waals surface area contributed by atoms with Gasteiger partial charge in [0.15, 0.2) is 0 Å². The first-order valence-electron chi connectivity index (χ1n) is 3.80. The SMILES string of the molecule is C=C(C)C(=O)NCCOCCO. The van der Waals surface area contributed by atoms with Gasteiger partial charge in [-0.3, -0.25) is 4.79 Å². The molecule has 0 aromatic carbocycles. The lowest BCUT2D eigenvalue weighted by Crippen LogP contribution is -2.27. The molecule has 0 fully saturated rings. The van der Waals surface area contributed by atoms with E-state index in [0.29, 0.717) is 25.3 Å². The Balaban J connectivity index is 3.20. The standard InChI is InChI=1S/C8H15NO3/c1-7(2)8(11)9-3-5-12-6-4-10/h10H,1,3-6H2,2H3,(H,9,11). The van der Waals surface area contributed by atoms with Crippen LogP contribution in [0, 0.1) is 0 Å². The van der Waals surface area contributed by atoms with E-state index in [-0.39, 0.29) is 12.5 Å². The highest BCUT2D eigenvalue weighted by Crippen LogP contribution is 1.84. The Morgan fingerprint density at radius 1 is 1.58 bits per heavy atom. The second-order valence-corrected chi connectivity index (χ2v) is 2.37. The topological polar surface area (TPSA) is 58.6 Å². The molecule has 0 spiro atoms. The fourth-order valence-electron chi connectivity index (χ4n) is 0.554. The van der Waals surface area contributed by atoms with Crippen LogP contribution in [0.1, 0.15) is 6.92 Å². The molecule has 0 heterocycles. The fourth-order valence-corrected chi connectivity index (χ4v) is 0.554. The normalized spacial score (nSPS) is 9.50. The summed E-state index contributed by atoms with van der Waals surface area (Å²) in [5, 5.41) is 10.9. The van der Waals surface area contributed by atoms with Crippen LogP contribution in [0.5, 0.6) is 0 Å². The number of ether oxygens (including phenoxy) is 1. The van der Waals surface area contributed by atoms with Crippen molar-refractivity contribution in [1.29, 1.82) is 0 Å². The highest BCUT2D eigenvalue weighted by molar-refractivity contribution is 5.91. The minimum Gasteiger partial charge on any atom is -0.394 e. The average Bonchev–Trinajstić information content (AvgIpc) is 2.03. The third-order valence-electron chi connectivity index (χ3n) is 1.16. The lowest BCUT2D eigenvalue weighted by molar-refractivity contribution is -0.117.